The van der Waals surface area contributed by atoms with E-state index < -0.39 is 0 Å². The monoisotopic (exact) mass is 438 g/mol. The van der Waals surface area contributed by atoms with E-state index in [0.29, 0.717) is 11.8 Å². The van der Waals surface area contributed by atoms with Gasteiger partial charge in [0.05, 0.1) is 17.4 Å². The van der Waals surface area contributed by atoms with Crippen molar-refractivity contribution in [2.45, 2.75) is 69.6 Å². The molecule has 0 spiro atoms. The summed E-state index contributed by atoms with van der Waals surface area (Å²) in [7, 11) is 0. The number of aromatic nitrogens is 1. The van der Waals surface area contributed by atoms with Crippen molar-refractivity contribution in [2.24, 2.45) is 17.8 Å². The van der Waals surface area contributed by atoms with E-state index in [1.54, 1.807) is 11.8 Å². The van der Waals surface area contributed by atoms with Crippen LogP contribution in [0.25, 0.3) is 10.9 Å². The lowest BCUT2D eigenvalue weighted by Gasteiger charge is -2.53. The minimum atomic E-state index is 0.0463. The predicted molar refractivity (Wildman–Crippen MR) is 134 cm³/mol. The molecule has 3 nitrogen and oxygen atoms in total. The van der Waals surface area contributed by atoms with Crippen LogP contribution in [0.15, 0.2) is 60.8 Å². The average molecular weight is 439 g/mol. The minimum absolute atomic E-state index is 0.0463. The molecule has 4 saturated carbocycles. The molecule has 4 bridgehead atoms. The summed E-state index contributed by atoms with van der Waals surface area (Å²) in [6.07, 6.45) is 14.5. The third kappa shape index (κ3) is 4.30. The number of anilines is 1. The van der Waals surface area contributed by atoms with Crippen molar-refractivity contribution >= 4 is 22.5 Å². The van der Waals surface area contributed by atoms with E-state index >= 15 is 0 Å². The Bertz CT molecular complexity index is 1140. The molecule has 3 heteroatoms. The Kier molecular flexibility index (Phi) is 5.44. The summed E-state index contributed by atoms with van der Waals surface area (Å²) in [6.45, 7) is 0. The van der Waals surface area contributed by atoms with Gasteiger partial charge < -0.3 is 5.32 Å². The van der Waals surface area contributed by atoms with Crippen LogP contribution in [-0.4, -0.2) is 10.9 Å². The van der Waals surface area contributed by atoms with Crippen LogP contribution in [0, 0.1) is 17.8 Å². The fourth-order valence-corrected chi connectivity index (χ4v) is 7.41. The van der Waals surface area contributed by atoms with Gasteiger partial charge in [0.1, 0.15) is 0 Å². The number of nitrogens with zero attached hydrogens (tertiary/aromatic N) is 1. The molecule has 7 rings (SSSR count). The highest BCUT2D eigenvalue weighted by atomic mass is 16.1. The molecule has 1 amide bonds. The van der Waals surface area contributed by atoms with E-state index in [1.807, 2.05) is 30.3 Å². The zero-order chi connectivity index (χ0) is 22.3. The summed E-state index contributed by atoms with van der Waals surface area (Å²) in [4.78, 5) is 17.0. The molecule has 170 valence electrons. The molecule has 0 radical (unpaired) electrons. The largest absolute Gasteiger partial charge is 0.325 e. The molecule has 2 aromatic carbocycles. The SMILES string of the molecule is O=C(CCc1ccc(C23CC4CCCC(CC(C4)C2)C3)cc1)Nc1cnc2ccccc2c1. The molecule has 2 unspecified atom stereocenters. The number of pyridine rings is 1. The Labute approximate surface area is 197 Å². The van der Waals surface area contributed by atoms with Crippen molar-refractivity contribution in [3.63, 3.8) is 0 Å². The number of carbonyl (C=O) groups is 1. The smallest absolute Gasteiger partial charge is 0.224 e. The first-order chi connectivity index (χ1) is 16.1. The van der Waals surface area contributed by atoms with E-state index in [2.05, 4.69) is 34.6 Å². The highest BCUT2D eigenvalue weighted by Crippen LogP contribution is 2.57. The van der Waals surface area contributed by atoms with Crippen LogP contribution in [0.1, 0.15) is 68.9 Å². The molecule has 0 aliphatic heterocycles. The maximum Gasteiger partial charge on any atom is 0.224 e. The van der Waals surface area contributed by atoms with Gasteiger partial charge in [0, 0.05) is 11.8 Å². The Morgan fingerprint density at radius 2 is 1.67 bits per heavy atom. The lowest BCUT2D eigenvalue weighted by molar-refractivity contribution is -0.116. The summed E-state index contributed by atoms with van der Waals surface area (Å²) < 4.78 is 0. The lowest BCUT2D eigenvalue weighted by Crippen LogP contribution is -2.44. The molecule has 1 aromatic heterocycles. The molecule has 1 heterocycles. The van der Waals surface area contributed by atoms with Crippen LogP contribution in [0.2, 0.25) is 0 Å². The standard InChI is InChI=1S/C30H34N2O/c33-29(32-27-16-25-6-1-2-7-28(25)31-20-27)13-10-21-8-11-26(12-9-21)30-17-22-4-3-5-23(18-30)15-24(14-22)19-30/h1-2,6-9,11-12,16,20,22-24H,3-5,10,13-15,17-19H2,(H,32,33). The maximum absolute atomic E-state index is 12.5. The lowest BCUT2D eigenvalue weighted by atomic mass is 9.52. The fourth-order valence-electron chi connectivity index (χ4n) is 7.41. The van der Waals surface area contributed by atoms with E-state index in [1.165, 1.54) is 56.9 Å². The number of aryl methyl sites for hydroxylation is 1. The molecule has 3 aromatic rings. The highest BCUT2D eigenvalue weighted by Gasteiger charge is 2.47. The van der Waals surface area contributed by atoms with Crippen LogP contribution < -0.4 is 5.32 Å². The van der Waals surface area contributed by atoms with Gasteiger partial charge >= 0.3 is 0 Å². The Balaban J connectivity index is 1.10. The Morgan fingerprint density at radius 3 is 2.45 bits per heavy atom. The van der Waals surface area contributed by atoms with Gasteiger partial charge in [-0.25, -0.2) is 0 Å². The van der Waals surface area contributed by atoms with Crippen molar-refractivity contribution in [3.05, 3.63) is 71.9 Å². The molecule has 4 aliphatic rings. The van der Waals surface area contributed by atoms with Crippen LogP contribution in [0.5, 0.6) is 0 Å². The molecule has 4 fully saturated rings. The van der Waals surface area contributed by atoms with Crippen molar-refractivity contribution in [1.82, 2.24) is 4.98 Å². The van der Waals surface area contributed by atoms with Crippen LogP contribution in [0.3, 0.4) is 0 Å². The van der Waals surface area contributed by atoms with Gasteiger partial charge in [-0.15, -0.1) is 0 Å². The minimum Gasteiger partial charge on any atom is -0.325 e. The van der Waals surface area contributed by atoms with Crippen molar-refractivity contribution in [3.8, 4) is 0 Å². The highest BCUT2D eigenvalue weighted by molar-refractivity contribution is 5.93. The number of rotatable bonds is 5. The second-order valence-corrected chi connectivity index (χ2v) is 11.1. The van der Waals surface area contributed by atoms with Gasteiger partial charge in [0.25, 0.3) is 0 Å². The molecular formula is C30H34N2O. The summed E-state index contributed by atoms with van der Waals surface area (Å²) in [5, 5.41) is 4.06. The quantitative estimate of drug-likeness (QED) is 0.463. The molecule has 4 aliphatic carbocycles. The van der Waals surface area contributed by atoms with Crippen LogP contribution in [0.4, 0.5) is 5.69 Å². The second kappa shape index (κ2) is 8.59. The predicted octanol–water partition coefficient (Wildman–Crippen LogP) is 7.05. The third-order valence-corrected chi connectivity index (χ3v) is 8.68. The van der Waals surface area contributed by atoms with Crippen LogP contribution in [-0.2, 0) is 16.6 Å². The van der Waals surface area contributed by atoms with Gasteiger partial charge in [-0.2, -0.15) is 0 Å². The number of benzene rings is 2. The number of amides is 1. The third-order valence-electron chi connectivity index (χ3n) is 8.68. The van der Waals surface area contributed by atoms with Gasteiger partial charge in [0.15, 0.2) is 0 Å². The summed E-state index contributed by atoms with van der Waals surface area (Å²) in [6, 6.07) is 19.3. The number of carbonyl (C=O) groups excluding carboxylic acids is 1. The second-order valence-electron chi connectivity index (χ2n) is 11.1. The zero-order valence-electron chi connectivity index (χ0n) is 19.4. The Morgan fingerprint density at radius 1 is 0.939 bits per heavy atom. The van der Waals surface area contributed by atoms with Crippen LogP contribution >= 0.6 is 0 Å². The number of nitrogens with one attached hydrogen (secondary N) is 1. The summed E-state index contributed by atoms with van der Waals surface area (Å²) in [5.41, 5.74) is 4.96. The van der Waals surface area contributed by atoms with Gasteiger partial charge in [-0.3, -0.25) is 9.78 Å². The molecular weight excluding hydrogens is 404 g/mol. The van der Waals surface area contributed by atoms with Crippen molar-refractivity contribution < 1.29 is 4.79 Å². The van der Waals surface area contributed by atoms with Crippen molar-refractivity contribution in [2.75, 3.05) is 5.32 Å². The van der Waals surface area contributed by atoms with Gasteiger partial charge in [0.2, 0.25) is 5.91 Å². The first kappa shape index (κ1) is 20.9. The zero-order valence-corrected chi connectivity index (χ0v) is 19.4. The van der Waals surface area contributed by atoms with E-state index in [0.717, 1.165) is 40.8 Å². The van der Waals surface area contributed by atoms with E-state index in [4.69, 9.17) is 0 Å². The van der Waals surface area contributed by atoms with Gasteiger partial charge in [-0.1, -0.05) is 61.7 Å². The number of hydrogen-bond acceptors (Lipinski definition) is 2. The summed E-state index contributed by atoms with van der Waals surface area (Å²) >= 11 is 0. The first-order valence-corrected chi connectivity index (χ1v) is 12.9. The fraction of sp³-hybridized carbons (Fsp3) is 0.467. The number of fused-ring (bicyclic) bond motifs is 3. The topological polar surface area (TPSA) is 42.0 Å². The Hall–Kier alpha value is -2.68. The molecule has 33 heavy (non-hydrogen) atoms. The van der Waals surface area contributed by atoms with E-state index in [9.17, 15) is 4.79 Å². The molecule has 2 atom stereocenters. The first-order valence-electron chi connectivity index (χ1n) is 12.9. The number of hydrogen-bond donors (Lipinski definition) is 1. The molecule has 1 N–H and O–H groups in total. The maximum atomic E-state index is 12.5. The average Bonchev–Trinajstić information content (AvgIpc) is 2.81. The van der Waals surface area contributed by atoms with Gasteiger partial charge in [-0.05, 0) is 85.0 Å². The summed E-state index contributed by atoms with van der Waals surface area (Å²) in [5.74, 6) is 2.89. The van der Waals surface area contributed by atoms with Crippen molar-refractivity contribution in [1.29, 1.82) is 0 Å². The molecule has 0 saturated heterocycles. The van der Waals surface area contributed by atoms with E-state index in [-0.39, 0.29) is 5.91 Å². The number of para-hydroxylation sites is 1. The normalized spacial score (nSPS) is 28.4.